The van der Waals surface area contributed by atoms with E-state index < -0.39 is 5.97 Å². The fraction of sp³-hybridized carbons (Fsp3) is 0.273. The van der Waals surface area contributed by atoms with Crippen LogP contribution in [0.5, 0.6) is 0 Å². The van der Waals surface area contributed by atoms with Gasteiger partial charge in [-0.1, -0.05) is 24.6 Å². The molecule has 1 rings (SSSR count). The van der Waals surface area contributed by atoms with Gasteiger partial charge in [0.05, 0.1) is 12.2 Å². The van der Waals surface area contributed by atoms with Crippen LogP contribution >= 0.6 is 0 Å². The largest absolute Gasteiger partial charge is 0.373 e. The Hall–Kier alpha value is -1.35. The summed E-state index contributed by atoms with van der Waals surface area (Å²) in [5, 5.41) is 0. The van der Waals surface area contributed by atoms with E-state index in [2.05, 4.69) is 16.7 Å². The van der Waals surface area contributed by atoms with Gasteiger partial charge < -0.3 is 0 Å². The molecule has 75 valence electrons. The first-order chi connectivity index (χ1) is 6.74. The number of hydrogen-bond donors (Lipinski definition) is 0. The van der Waals surface area contributed by atoms with Crippen LogP contribution in [-0.2, 0) is 9.78 Å². The van der Waals surface area contributed by atoms with Crippen LogP contribution in [0.2, 0.25) is 0 Å². The zero-order chi connectivity index (χ0) is 10.4. The number of aryl methyl sites for hydroxylation is 1. The standard InChI is InChI=1S/C11H13O3/c1-3-8-13-14-11(12)10-6-4-9(2)5-7-10/h4-7H,1,3,8H2,2H3. The highest BCUT2D eigenvalue weighted by atomic mass is 17.2. The zero-order valence-corrected chi connectivity index (χ0v) is 8.16. The number of carbonyl (C=O) groups is 1. The minimum atomic E-state index is -0.474. The van der Waals surface area contributed by atoms with E-state index in [1.807, 2.05) is 19.1 Å². The molecule has 0 heterocycles. The summed E-state index contributed by atoms with van der Waals surface area (Å²) in [6, 6.07) is 7.09. The second kappa shape index (κ2) is 5.40. The van der Waals surface area contributed by atoms with E-state index >= 15 is 0 Å². The van der Waals surface area contributed by atoms with Gasteiger partial charge in [-0.05, 0) is 25.5 Å². The van der Waals surface area contributed by atoms with Crippen LogP contribution in [0, 0.1) is 13.8 Å². The van der Waals surface area contributed by atoms with Gasteiger partial charge in [-0.25, -0.2) is 4.79 Å². The van der Waals surface area contributed by atoms with Crippen LogP contribution in [0.25, 0.3) is 0 Å². The van der Waals surface area contributed by atoms with E-state index in [1.165, 1.54) is 0 Å². The van der Waals surface area contributed by atoms with Crippen molar-refractivity contribution in [2.45, 2.75) is 13.3 Å². The molecule has 1 radical (unpaired) electrons. The molecule has 0 unspecified atom stereocenters. The SMILES string of the molecule is [CH2]CCOOC(=O)c1ccc(C)cc1. The van der Waals surface area contributed by atoms with Crippen molar-refractivity contribution in [1.29, 1.82) is 0 Å². The Morgan fingerprint density at radius 1 is 1.36 bits per heavy atom. The number of hydrogen-bond acceptors (Lipinski definition) is 3. The quantitative estimate of drug-likeness (QED) is 0.418. The van der Waals surface area contributed by atoms with Crippen LogP contribution in [0.3, 0.4) is 0 Å². The van der Waals surface area contributed by atoms with Gasteiger partial charge >= 0.3 is 5.97 Å². The van der Waals surface area contributed by atoms with Crippen molar-refractivity contribution >= 4 is 5.97 Å². The van der Waals surface area contributed by atoms with Gasteiger partial charge in [0.2, 0.25) is 0 Å². The van der Waals surface area contributed by atoms with Crippen molar-refractivity contribution < 1.29 is 14.6 Å². The summed E-state index contributed by atoms with van der Waals surface area (Å²) in [4.78, 5) is 20.4. The molecule has 3 nitrogen and oxygen atoms in total. The maximum Gasteiger partial charge on any atom is 0.373 e. The maximum absolute atomic E-state index is 11.3. The van der Waals surface area contributed by atoms with E-state index in [-0.39, 0.29) is 0 Å². The normalized spacial score (nSPS) is 9.86. The Morgan fingerprint density at radius 2 is 2.00 bits per heavy atom. The molecule has 0 aliphatic carbocycles. The lowest BCUT2D eigenvalue weighted by molar-refractivity contribution is -0.239. The van der Waals surface area contributed by atoms with Crippen molar-refractivity contribution in [1.82, 2.24) is 0 Å². The summed E-state index contributed by atoms with van der Waals surface area (Å²) >= 11 is 0. The molecule has 0 saturated carbocycles. The Morgan fingerprint density at radius 3 is 2.57 bits per heavy atom. The Labute approximate surface area is 83.6 Å². The molecular formula is C11H13O3. The van der Waals surface area contributed by atoms with E-state index in [0.29, 0.717) is 18.6 Å². The molecule has 0 aliphatic rings. The molecule has 0 amide bonds. The smallest absolute Gasteiger partial charge is 0.293 e. The lowest BCUT2D eigenvalue weighted by Gasteiger charge is -2.02. The first kappa shape index (κ1) is 10.7. The molecule has 14 heavy (non-hydrogen) atoms. The second-order valence-corrected chi connectivity index (χ2v) is 2.91. The first-order valence-electron chi connectivity index (χ1n) is 4.43. The molecule has 0 fully saturated rings. The monoisotopic (exact) mass is 193 g/mol. The molecule has 1 aromatic rings. The summed E-state index contributed by atoms with van der Waals surface area (Å²) in [6.45, 7) is 5.82. The summed E-state index contributed by atoms with van der Waals surface area (Å²) in [6.07, 6.45) is 0.571. The van der Waals surface area contributed by atoms with Crippen molar-refractivity contribution in [3.05, 3.63) is 42.3 Å². The van der Waals surface area contributed by atoms with Crippen LogP contribution in [0.4, 0.5) is 0 Å². The van der Waals surface area contributed by atoms with Gasteiger partial charge in [0.25, 0.3) is 0 Å². The predicted octanol–water partition coefficient (Wildman–Crippen LogP) is 2.31. The molecular weight excluding hydrogens is 180 g/mol. The third kappa shape index (κ3) is 3.18. The minimum Gasteiger partial charge on any atom is -0.293 e. The Bertz CT molecular complexity index is 290. The summed E-state index contributed by atoms with van der Waals surface area (Å²) in [5.41, 5.74) is 1.58. The average molecular weight is 193 g/mol. The highest BCUT2D eigenvalue weighted by Crippen LogP contribution is 2.04. The summed E-state index contributed by atoms with van der Waals surface area (Å²) in [7, 11) is 0. The Kier molecular flexibility index (Phi) is 4.13. The van der Waals surface area contributed by atoms with Crippen LogP contribution in [-0.4, -0.2) is 12.6 Å². The average Bonchev–Trinajstić information content (AvgIpc) is 2.19. The van der Waals surface area contributed by atoms with Gasteiger partial charge in [0.1, 0.15) is 0 Å². The molecule has 0 saturated heterocycles. The van der Waals surface area contributed by atoms with E-state index in [9.17, 15) is 4.79 Å². The van der Waals surface area contributed by atoms with Gasteiger partial charge in [-0.3, -0.25) is 4.89 Å². The molecule has 0 spiro atoms. The summed E-state index contributed by atoms with van der Waals surface area (Å²) < 4.78 is 0. The minimum absolute atomic E-state index is 0.317. The molecule has 1 aromatic carbocycles. The lowest BCUT2D eigenvalue weighted by Crippen LogP contribution is -2.06. The molecule has 3 heteroatoms. The van der Waals surface area contributed by atoms with Crippen molar-refractivity contribution in [2.75, 3.05) is 6.61 Å². The molecule has 0 aliphatic heterocycles. The Balaban J connectivity index is 2.48. The molecule has 0 bridgehead atoms. The van der Waals surface area contributed by atoms with E-state index in [4.69, 9.17) is 0 Å². The first-order valence-corrected chi connectivity index (χ1v) is 4.43. The fourth-order valence-corrected chi connectivity index (χ4v) is 0.892. The molecule has 0 atom stereocenters. The fourth-order valence-electron chi connectivity index (χ4n) is 0.892. The van der Waals surface area contributed by atoms with Crippen molar-refractivity contribution in [3.63, 3.8) is 0 Å². The highest BCUT2D eigenvalue weighted by Gasteiger charge is 2.06. The second-order valence-electron chi connectivity index (χ2n) is 2.91. The topological polar surface area (TPSA) is 35.5 Å². The highest BCUT2D eigenvalue weighted by molar-refractivity contribution is 5.88. The van der Waals surface area contributed by atoms with E-state index in [1.54, 1.807) is 12.1 Å². The zero-order valence-electron chi connectivity index (χ0n) is 8.16. The summed E-state index contributed by atoms with van der Waals surface area (Å²) in [5.74, 6) is -0.474. The number of rotatable bonds is 4. The van der Waals surface area contributed by atoms with Gasteiger partial charge in [-0.2, -0.15) is 4.89 Å². The van der Waals surface area contributed by atoms with E-state index in [0.717, 1.165) is 5.56 Å². The maximum atomic E-state index is 11.3. The number of carbonyl (C=O) groups excluding carboxylic acids is 1. The lowest BCUT2D eigenvalue weighted by atomic mass is 10.2. The molecule has 0 aromatic heterocycles. The molecule has 0 N–H and O–H groups in total. The van der Waals surface area contributed by atoms with Crippen LogP contribution in [0.15, 0.2) is 24.3 Å². The van der Waals surface area contributed by atoms with Crippen molar-refractivity contribution in [2.24, 2.45) is 0 Å². The third-order valence-corrected chi connectivity index (χ3v) is 1.65. The van der Waals surface area contributed by atoms with Crippen LogP contribution in [0.1, 0.15) is 22.3 Å². The van der Waals surface area contributed by atoms with Gasteiger partial charge in [0, 0.05) is 0 Å². The predicted molar refractivity (Wildman–Crippen MR) is 52.5 cm³/mol. The van der Waals surface area contributed by atoms with Gasteiger partial charge in [0.15, 0.2) is 0 Å². The third-order valence-electron chi connectivity index (χ3n) is 1.65. The van der Waals surface area contributed by atoms with Gasteiger partial charge in [-0.15, -0.1) is 0 Å². The van der Waals surface area contributed by atoms with Crippen molar-refractivity contribution in [3.8, 4) is 0 Å². The van der Waals surface area contributed by atoms with Crippen LogP contribution < -0.4 is 0 Å². The number of benzene rings is 1.